The van der Waals surface area contributed by atoms with Crippen LogP contribution in [0.3, 0.4) is 0 Å². The highest BCUT2D eigenvalue weighted by atomic mass is 32.2. The zero-order valence-electron chi connectivity index (χ0n) is 12.2. The molecule has 0 atom stereocenters. The molecule has 0 amide bonds. The largest absolute Gasteiger partial charge is 0.313 e. The third-order valence-electron chi connectivity index (χ3n) is 3.78. The first-order chi connectivity index (χ1) is 9.38. The fourth-order valence-electron chi connectivity index (χ4n) is 2.65. The summed E-state index contributed by atoms with van der Waals surface area (Å²) in [6.45, 7) is 4.32. The molecule has 2 rings (SSSR count). The van der Waals surface area contributed by atoms with Gasteiger partial charge in [-0.2, -0.15) is 0 Å². The zero-order chi connectivity index (χ0) is 13.3. The molecule has 1 aromatic rings. The minimum absolute atomic E-state index is 0.853. The van der Waals surface area contributed by atoms with Crippen LogP contribution in [0.4, 0.5) is 0 Å². The summed E-state index contributed by atoms with van der Waals surface area (Å²) in [5, 5.41) is 4.31. The number of nitrogens with one attached hydrogen (secondary N) is 1. The summed E-state index contributed by atoms with van der Waals surface area (Å²) < 4.78 is 0. The van der Waals surface area contributed by atoms with Gasteiger partial charge in [0, 0.05) is 16.7 Å². The van der Waals surface area contributed by atoms with Gasteiger partial charge < -0.3 is 5.32 Å². The highest BCUT2D eigenvalue weighted by Crippen LogP contribution is 2.32. The smallest absolute Gasteiger partial charge is 0.0205 e. The molecule has 1 fully saturated rings. The minimum Gasteiger partial charge on any atom is -0.313 e. The first-order valence-electron chi connectivity index (χ1n) is 7.85. The van der Waals surface area contributed by atoms with Crippen molar-refractivity contribution >= 4 is 11.8 Å². The molecule has 1 N–H and O–H groups in total. The molecule has 106 valence electrons. The van der Waals surface area contributed by atoms with Crippen LogP contribution in [0.1, 0.15) is 57.4 Å². The lowest BCUT2D eigenvalue weighted by Gasteiger charge is -2.13. The van der Waals surface area contributed by atoms with Gasteiger partial charge in [0.25, 0.3) is 0 Å². The van der Waals surface area contributed by atoms with Gasteiger partial charge in [0.2, 0.25) is 0 Å². The van der Waals surface area contributed by atoms with Crippen LogP contribution in [0.2, 0.25) is 0 Å². The fraction of sp³-hybridized carbons (Fsp3) is 0.647. The predicted octanol–water partition coefficient (Wildman–Crippen LogP) is 5.00. The molecule has 0 aromatic heterocycles. The van der Waals surface area contributed by atoms with Crippen molar-refractivity contribution in [3.8, 4) is 0 Å². The van der Waals surface area contributed by atoms with E-state index in [9.17, 15) is 0 Å². The molecule has 0 heterocycles. The molecule has 19 heavy (non-hydrogen) atoms. The van der Waals surface area contributed by atoms with Crippen molar-refractivity contribution in [2.75, 3.05) is 6.54 Å². The Bertz CT molecular complexity index is 339. The van der Waals surface area contributed by atoms with E-state index in [1.807, 2.05) is 0 Å². The number of rotatable bonds is 6. The molecule has 2 heteroatoms. The summed E-state index contributed by atoms with van der Waals surface area (Å²) in [6, 6.07) is 9.17. The Hall–Kier alpha value is -0.470. The zero-order valence-corrected chi connectivity index (χ0v) is 13.0. The Morgan fingerprint density at radius 3 is 2.37 bits per heavy atom. The van der Waals surface area contributed by atoms with Crippen molar-refractivity contribution in [1.82, 2.24) is 5.32 Å². The normalized spacial score (nSPS) is 17.3. The summed E-state index contributed by atoms with van der Waals surface area (Å²) in [5.74, 6) is 0. The third-order valence-corrected chi connectivity index (χ3v) is 5.13. The van der Waals surface area contributed by atoms with E-state index in [0.717, 1.165) is 18.3 Å². The van der Waals surface area contributed by atoms with Crippen LogP contribution in [0.15, 0.2) is 29.2 Å². The Morgan fingerprint density at radius 1 is 1.05 bits per heavy atom. The summed E-state index contributed by atoms with van der Waals surface area (Å²) in [4.78, 5) is 1.45. The van der Waals surface area contributed by atoms with Gasteiger partial charge >= 0.3 is 0 Å². The Labute approximate surface area is 122 Å². The van der Waals surface area contributed by atoms with Crippen LogP contribution in [0.25, 0.3) is 0 Å². The lowest BCUT2D eigenvalue weighted by atomic mass is 10.2. The predicted molar refractivity (Wildman–Crippen MR) is 85.8 cm³/mol. The Kier molecular flexibility index (Phi) is 6.80. The van der Waals surface area contributed by atoms with E-state index >= 15 is 0 Å². The molecule has 1 aliphatic rings. The monoisotopic (exact) mass is 277 g/mol. The second-order valence-electron chi connectivity index (χ2n) is 5.55. The van der Waals surface area contributed by atoms with E-state index in [1.54, 1.807) is 0 Å². The van der Waals surface area contributed by atoms with E-state index in [2.05, 4.69) is 48.3 Å². The molecule has 1 aliphatic carbocycles. The van der Waals surface area contributed by atoms with Crippen LogP contribution in [0.5, 0.6) is 0 Å². The molecule has 0 aliphatic heterocycles. The molecule has 0 unspecified atom stereocenters. The van der Waals surface area contributed by atoms with Crippen molar-refractivity contribution in [3.05, 3.63) is 29.8 Å². The van der Waals surface area contributed by atoms with E-state index in [-0.39, 0.29) is 0 Å². The topological polar surface area (TPSA) is 12.0 Å². The first-order valence-corrected chi connectivity index (χ1v) is 8.73. The van der Waals surface area contributed by atoms with Crippen molar-refractivity contribution in [3.63, 3.8) is 0 Å². The number of benzene rings is 1. The van der Waals surface area contributed by atoms with Crippen molar-refractivity contribution < 1.29 is 0 Å². The maximum atomic E-state index is 3.45. The Balaban J connectivity index is 1.80. The second kappa shape index (κ2) is 8.65. The fourth-order valence-corrected chi connectivity index (χ4v) is 3.89. The number of hydrogen-bond donors (Lipinski definition) is 1. The molecule has 0 spiro atoms. The molecule has 1 nitrogen and oxygen atoms in total. The average molecular weight is 277 g/mol. The van der Waals surface area contributed by atoms with Gasteiger partial charge in [-0.3, -0.25) is 0 Å². The number of hydrogen-bond acceptors (Lipinski definition) is 2. The average Bonchev–Trinajstić information content (AvgIpc) is 2.70. The molecule has 0 saturated heterocycles. The highest BCUT2D eigenvalue weighted by Gasteiger charge is 2.13. The van der Waals surface area contributed by atoms with Gasteiger partial charge in [-0.25, -0.2) is 0 Å². The van der Waals surface area contributed by atoms with Crippen molar-refractivity contribution in [2.45, 2.75) is 68.6 Å². The standard InChI is InChI=1S/C17H27NS/c1-2-13-18-14-15-9-11-17(12-10-15)19-16-7-5-3-4-6-8-16/h9-12,16,18H,2-8,13-14H2,1H3. The summed E-state index contributed by atoms with van der Waals surface area (Å²) in [7, 11) is 0. The van der Waals surface area contributed by atoms with Crippen LogP contribution in [-0.2, 0) is 6.54 Å². The number of thioether (sulfide) groups is 1. The van der Waals surface area contributed by atoms with Gasteiger partial charge in [0.05, 0.1) is 0 Å². The van der Waals surface area contributed by atoms with Crippen LogP contribution in [-0.4, -0.2) is 11.8 Å². The van der Waals surface area contributed by atoms with E-state index in [1.165, 1.54) is 55.4 Å². The Morgan fingerprint density at radius 2 is 1.74 bits per heavy atom. The third kappa shape index (κ3) is 5.58. The van der Waals surface area contributed by atoms with Gasteiger partial charge in [0.15, 0.2) is 0 Å². The van der Waals surface area contributed by atoms with Gasteiger partial charge in [-0.15, -0.1) is 11.8 Å². The van der Waals surface area contributed by atoms with Gasteiger partial charge in [0.1, 0.15) is 0 Å². The summed E-state index contributed by atoms with van der Waals surface area (Å²) in [6.07, 6.45) is 9.76. The van der Waals surface area contributed by atoms with E-state index in [4.69, 9.17) is 0 Å². The molecule has 1 saturated carbocycles. The lowest BCUT2D eigenvalue weighted by molar-refractivity contribution is 0.675. The van der Waals surface area contributed by atoms with E-state index < -0.39 is 0 Å². The maximum Gasteiger partial charge on any atom is 0.0205 e. The molecule has 0 bridgehead atoms. The van der Waals surface area contributed by atoms with Crippen LogP contribution < -0.4 is 5.32 Å². The SMILES string of the molecule is CCCNCc1ccc(SC2CCCCCC2)cc1. The molecule has 0 radical (unpaired) electrons. The minimum atomic E-state index is 0.853. The second-order valence-corrected chi connectivity index (χ2v) is 6.93. The molecule has 1 aromatic carbocycles. The van der Waals surface area contributed by atoms with Crippen LogP contribution >= 0.6 is 11.8 Å². The van der Waals surface area contributed by atoms with E-state index in [0.29, 0.717) is 0 Å². The lowest BCUT2D eigenvalue weighted by Crippen LogP contribution is -2.13. The molecular weight excluding hydrogens is 250 g/mol. The van der Waals surface area contributed by atoms with Gasteiger partial charge in [-0.1, -0.05) is 44.7 Å². The highest BCUT2D eigenvalue weighted by molar-refractivity contribution is 8.00. The first kappa shape index (κ1) is 14.9. The quantitative estimate of drug-likeness (QED) is 0.580. The molecular formula is C17H27NS. The van der Waals surface area contributed by atoms with Crippen LogP contribution in [0, 0.1) is 0 Å². The maximum absolute atomic E-state index is 3.45. The summed E-state index contributed by atoms with van der Waals surface area (Å²) in [5.41, 5.74) is 1.40. The summed E-state index contributed by atoms with van der Waals surface area (Å²) >= 11 is 2.09. The van der Waals surface area contributed by atoms with Crippen molar-refractivity contribution in [2.24, 2.45) is 0 Å². The van der Waals surface area contributed by atoms with Gasteiger partial charge in [-0.05, 0) is 43.5 Å². The van der Waals surface area contributed by atoms with Crippen molar-refractivity contribution in [1.29, 1.82) is 0 Å².